The Morgan fingerprint density at radius 1 is 0.952 bits per heavy atom. The van der Waals surface area contributed by atoms with E-state index in [0.717, 1.165) is 10.5 Å². The predicted octanol–water partition coefficient (Wildman–Crippen LogP) is 3.29. The van der Waals surface area contributed by atoms with E-state index < -0.39 is 5.56 Å². The number of aromatic amines is 1. The number of hydrogen-bond acceptors (Lipinski definition) is 4. The normalized spacial score (nSPS) is 10.5. The maximum atomic E-state index is 11.9. The van der Waals surface area contributed by atoms with E-state index in [0.29, 0.717) is 5.69 Å². The van der Waals surface area contributed by atoms with Crippen molar-refractivity contribution in [3.63, 3.8) is 0 Å². The van der Waals surface area contributed by atoms with Crippen LogP contribution >= 0.6 is 11.8 Å². The van der Waals surface area contributed by atoms with Gasteiger partial charge in [-0.05, 0) is 12.1 Å². The second-order valence-electron chi connectivity index (χ2n) is 4.36. The van der Waals surface area contributed by atoms with Crippen LogP contribution in [0.25, 0.3) is 11.3 Å². The number of nitrogens with one attached hydrogen (secondary N) is 1. The monoisotopic (exact) mass is 296 g/mol. The summed E-state index contributed by atoms with van der Waals surface area (Å²) >= 11 is 1.22. The summed E-state index contributed by atoms with van der Waals surface area (Å²) in [6.45, 7) is 0. The van der Waals surface area contributed by atoms with Crippen molar-refractivity contribution in [3.8, 4) is 17.0 Å². The molecule has 0 amide bonds. The van der Waals surface area contributed by atoms with E-state index in [4.69, 9.17) is 0 Å². The van der Waals surface area contributed by atoms with Gasteiger partial charge >= 0.3 is 0 Å². The van der Waals surface area contributed by atoms with Crippen molar-refractivity contribution >= 4 is 11.8 Å². The molecule has 21 heavy (non-hydrogen) atoms. The molecule has 0 aliphatic heterocycles. The molecule has 1 heterocycles. The van der Waals surface area contributed by atoms with Gasteiger partial charge in [0.15, 0.2) is 5.75 Å². The van der Waals surface area contributed by atoms with Crippen LogP contribution in [0.2, 0.25) is 0 Å². The maximum absolute atomic E-state index is 11.9. The molecule has 0 spiro atoms. The molecule has 0 saturated heterocycles. The quantitative estimate of drug-likeness (QED) is 0.778. The number of rotatable bonds is 3. The lowest BCUT2D eigenvalue weighted by Crippen LogP contribution is -2.11. The zero-order valence-electron chi connectivity index (χ0n) is 11.0. The van der Waals surface area contributed by atoms with E-state index in [-0.39, 0.29) is 10.6 Å². The van der Waals surface area contributed by atoms with Crippen LogP contribution in [0.1, 0.15) is 0 Å². The van der Waals surface area contributed by atoms with Gasteiger partial charge < -0.3 is 5.11 Å². The summed E-state index contributed by atoms with van der Waals surface area (Å²) in [5.74, 6) is -0.0983. The fourth-order valence-electron chi connectivity index (χ4n) is 1.92. The second-order valence-corrected chi connectivity index (χ2v) is 5.44. The molecular formula is C16H12N2O2S. The van der Waals surface area contributed by atoms with Gasteiger partial charge in [0.25, 0.3) is 5.56 Å². The van der Waals surface area contributed by atoms with Gasteiger partial charge in [-0.25, -0.2) is 5.10 Å². The van der Waals surface area contributed by atoms with Crippen LogP contribution in [0.15, 0.2) is 75.2 Å². The highest BCUT2D eigenvalue weighted by Crippen LogP contribution is 2.36. The summed E-state index contributed by atoms with van der Waals surface area (Å²) in [7, 11) is 0. The van der Waals surface area contributed by atoms with Crippen molar-refractivity contribution in [1.82, 2.24) is 10.2 Å². The maximum Gasteiger partial charge on any atom is 0.282 e. The van der Waals surface area contributed by atoms with Crippen LogP contribution in [0, 0.1) is 0 Å². The van der Waals surface area contributed by atoms with Crippen LogP contribution in [0.4, 0.5) is 0 Å². The molecule has 5 heteroatoms. The number of aromatic hydroxyl groups is 1. The van der Waals surface area contributed by atoms with Crippen molar-refractivity contribution in [2.45, 2.75) is 9.79 Å². The minimum Gasteiger partial charge on any atom is -0.504 e. The summed E-state index contributed by atoms with van der Waals surface area (Å²) in [5, 5.41) is 16.8. The molecule has 4 nitrogen and oxygen atoms in total. The number of nitrogens with zero attached hydrogens (tertiary/aromatic N) is 1. The first kappa shape index (κ1) is 13.5. The first-order valence-electron chi connectivity index (χ1n) is 6.35. The number of benzene rings is 2. The lowest BCUT2D eigenvalue weighted by Gasteiger charge is -2.07. The smallest absolute Gasteiger partial charge is 0.282 e. The third-order valence-electron chi connectivity index (χ3n) is 2.93. The number of H-pyrrole nitrogens is 1. The molecule has 2 aromatic carbocycles. The van der Waals surface area contributed by atoms with Crippen molar-refractivity contribution < 1.29 is 5.11 Å². The summed E-state index contributed by atoms with van der Waals surface area (Å²) in [5.41, 5.74) is 0.718. The van der Waals surface area contributed by atoms with Gasteiger partial charge in [0, 0.05) is 10.5 Å². The Labute approximate surface area is 125 Å². The molecule has 0 radical (unpaired) electrons. The first-order valence-corrected chi connectivity index (χ1v) is 7.17. The van der Waals surface area contributed by atoms with Gasteiger partial charge in [0.05, 0.1) is 0 Å². The van der Waals surface area contributed by atoms with E-state index in [1.165, 1.54) is 11.8 Å². The van der Waals surface area contributed by atoms with Crippen molar-refractivity contribution in [1.29, 1.82) is 0 Å². The van der Waals surface area contributed by atoms with E-state index in [1.807, 2.05) is 60.7 Å². The number of aromatic nitrogens is 2. The molecule has 3 aromatic rings. The molecule has 3 rings (SSSR count). The average molecular weight is 296 g/mol. The van der Waals surface area contributed by atoms with Gasteiger partial charge in [-0.3, -0.25) is 4.79 Å². The summed E-state index contributed by atoms with van der Waals surface area (Å²) in [6, 6.07) is 18.7. The van der Waals surface area contributed by atoms with E-state index in [1.54, 1.807) is 0 Å². The topological polar surface area (TPSA) is 66.0 Å². The van der Waals surface area contributed by atoms with Crippen LogP contribution in [0.5, 0.6) is 5.75 Å². The SMILES string of the molecule is O=c1[nH]nc(-c2ccccc2)c(O)c1Sc1ccccc1. The Kier molecular flexibility index (Phi) is 3.75. The molecule has 1 aromatic heterocycles. The zero-order valence-corrected chi connectivity index (χ0v) is 11.8. The minimum atomic E-state index is -0.402. The molecule has 104 valence electrons. The summed E-state index contributed by atoms with van der Waals surface area (Å²) < 4.78 is 0. The highest BCUT2D eigenvalue weighted by atomic mass is 32.2. The molecule has 0 unspecified atom stereocenters. The van der Waals surface area contributed by atoms with Gasteiger partial charge in [-0.1, -0.05) is 60.3 Å². The Morgan fingerprint density at radius 2 is 1.57 bits per heavy atom. The van der Waals surface area contributed by atoms with Gasteiger partial charge in [0.2, 0.25) is 0 Å². The molecule has 0 aliphatic carbocycles. The van der Waals surface area contributed by atoms with Gasteiger partial charge in [-0.15, -0.1) is 0 Å². The molecule has 0 saturated carbocycles. The Balaban J connectivity index is 2.07. The standard InChI is InChI=1S/C16H12N2O2S/c19-14-13(11-7-3-1-4-8-11)17-18-16(20)15(14)21-12-9-5-2-6-10-12/h1-10H,(H2,18,19,20). The summed E-state index contributed by atoms with van der Waals surface area (Å²) in [6.07, 6.45) is 0. The Morgan fingerprint density at radius 3 is 2.24 bits per heavy atom. The van der Waals surface area contributed by atoms with Gasteiger partial charge in [-0.2, -0.15) is 5.10 Å². The average Bonchev–Trinajstić information content (AvgIpc) is 2.53. The van der Waals surface area contributed by atoms with Crippen molar-refractivity contribution in [2.75, 3.05) is 0 Å². The second kappa shape index (κ2) is 5.85. The van der Waals surface area contributed by atoms with Crippen LogP contribution in [-0.4, -0.2) is 15.3 Å². The lowest BCUT2D eigenvalue weighted by atomic mass is 10.1. The van der Waals surface area contributed by atoms with E-state index >= 15 is 0 Å². The minimum absolute atomic E-state index is 0.0983. The molecule has 0 atom stereocenters. The largest absolute Gasteiger partial charge is 0.504 e. The predicted molar refractivity (Wildman–Crippen MR) is 82.5 cm³/mol. The fourth-order valence-corrected chi connectivity index (χ4v) is 2.78. The summed E-state index contributed by atoms with van der Waals surface area (Å²) in [4.78, 5) is 13.1. The van der Waals surface area contributed by atoms with Crippen LogP contribution < -0.4 is 5.56 Å². The molecule has 0 fully saturated rings. The Hall–Kier alpha value is -2.53. The van der Waals surface area contributed by atoms with Crippen LogP contribution in [0.3, 0.4) is 0 Å². The first-order chi connectivity index (χ1) is 10.3. The zero-order chi connectivity index (χ0) is 14.7. The third-order valence-corrected chi connectivity index (χ3v) is 4.02. The fraction of sp³-hybridized carbons (Fsp3) is 0. The van der Waals surface area contributed by atoms with Gasteiger partial charge in [0.1, 0.15) is 10.6 Å². The lowest BCUT2D eigenvalue weighted by molar-refractivity contribution is 0.457. The molecule has 2 N–H and O–H groups in total. The molecule has 0 aliphatic rings. The highest BCUT2D eigenvalue weighted by molar-refractivity contribution is 7.99. The Bertz CT molecular complexity index is 802. The van der Waals surface area contributed by atoms with Crippen molar-refractivity contribution in [3.05, 3.63) is 71.0 Å². The van der Waals surface area contributed by atoms with E-state index in [9.17, 15) is 9.90 Å². The molecular weight excluding hydrogens is 284 g/mol. The van der Waals surface area contributed by atoms with E-state index in [2.05, 4.69) is 10.2 Å². The number of hydrogen-bond donors (Lipinski definition) is 2. The highest BCUT2D eigenvalue weighted by Gasteiger charge is 2.15. The molecule has 0 bridgehead atoms. The van der Waals surface area contributed by atoms with Crippen molar-refractivity contribution in [2.24, 2.45) is 0 Å². The third kappa shape index (κ3) is 2.83. The van der Waals surface area contributed by atoms with Crippen LogP contribution in [-0.2, 0) is 0 Å².